The Labute approximate surface area is 177 Å². The van der Waals surface area contributed by atoms with Crippen LogP contribution in [0.25, 0.3) is 22.2 Å². The fraction of sp³-hybridized carbons (Fsp3) is 0.238. The minimum Gasteiger partial charge on any atom is -0.389 e. The number of benzene rings is 2. The van der Waals surface area contributed by atoms with Gasteiger partial charge in [0.2, 0.25) is 11.8 Å². The minimum absolute atomic E-state index is 0.144. The molecule has 1 aliphatic heterocycles. The van der Waals surface area contributed by atoms with Gasteiger partial charge in [-0.05, 0) is 35.7 Å². The van der Waals surface area contributed by atoms with Crippen molar-refractivity contribution in [2.24, 2.45) is 0 Å². The van der Waals surface area contributed by atoms with Crippen molar-refractivity contribution in [2.45, 2.75) is 25.0 Å². The third-order valence-electron chi connectivity index (χ3n) is 5.09. The second-order valence-electron chi connectivity index (χ2n) is 7.01. The number of carbonyl (C=O) groups excluding carboxylic acids is 2. The standard InChI is InChI=1S/C21H19Cl2N3O3/c22-12-6-4-11(5-7-12)18-14(13-2-1-3-15(23)19(13)26-18)8-9-17(28)25-20-16(27)10-24-21(20)29/h1-7,16,20,26-27H,8-10H2,(H,24,29)(H,25,28)/t16-,20+/m1/s1. The number of nitrogens with one attached hydrogen (secondary N) is 3. The highest BCUT2D eigenvalue weighted by atomic mass is 35.5. The van der Waals surface area contributed by atoms with Gasteiger partial charge in [0.05, 0.1) is 10.5 Å². The molecule has 2 atom stereocenters. The number of fused-ring (bicyclic) bond motifs is 1. The van der Waals surface area contributed by atoms with Gasteiger partial charge in [0.15, 0.2) is 0 Å². The number of para-hydroxylation sites is 1. The number of amides is 2. The first-order valence-corrected chi connectivity index (χ1v) is 10.00. The summed E-state index contributed by atoms with van der Waals surface area (Å²) < 4.78 is 0. The molecule has 1 aliphatic rings. The number of β-amino-alcohol motifs (C(OH)–C–C–N with tert-alkyl or cyclic N) is 1. The largest absolute Gasteiger partial charge is 0.389 e. The fourth-order valence-electron chi connectivity index (χ4n) is 3.61. The predicted molar refractivity (Wildman–Crippen MR) is 113 cm³/mol. The third-order valence-corrected chi connectivity index (χ3v) is 5.66. The van der Waals surface area contributed by atoms with Gasteiger partial charge >= 0.3 is 0 Å². The average molecular weight is 432 g/mol. The minimum atomic E-state index is -0.914. The van der Waals surface area contributed by atoms with Crippen LogP contribution in [0.2, 0.25) is 10.0 Å². The highest BCUT2D eigenvalue weighted by Crippen LogP contribution is 2.35. The molecule has 1 fully saturated rings. The average Bonchev–Trinajstić information content (AvgIpc) is 3.23. The van der Waals surface area contributed by atoms with Crippen LogP contribution < -0.4 is 10.6 Å². The van der Waals surface area contributed by atoms with Crippen LogP contribution in [-0.4, -0.2) is 40.6 Å². The number of aliphatic hydroxyl groups is 1. The number of rotatable bonds is 5. The zero-order valence-electron chi connectivity index (χ0n) is 15.3. The lowest BCUT2D eigenvalue weighted by molar-refractivity contribution is -0.128. The molecule has 150 valence electrons. The summed E-state index contributed by atoms with van der Waals surface area (Å²) in [6.45, 7) is 0.144. The van der Waals surface area contributed by atoms with E-state index < -0.39 is 12.1 Å². The molecule has 0 saturated carbocycles. The van der Waals surface area contributed by atoms with Gasteiger partial charge in [-0.3, -0.25) is 9.59 Å². The van der Waals surface area contributed by atoms with E-state index in [9.17, 15) is 14.7 Å². The molecule has 0 unspecified atom stereocenters. The van der Waals surface area contributed by atoms with E-state index in [0.717, 1.165) is 27.7 Å². The van der Waals surface area contributed by atoms with E-state index in [0.29, 0.717) is 16.5 Å². The number of hydrogen-bond acceptors (Lipinski definition) is 3. The molecule has 0 spiro atoms. The molecule has 29 heavy (non-hydrogen) atoms. The first-order chi connectivity index (χ1) is 13.9. The van der Waals surface area contributed by atoms with Crippen LogP contribution in [-0.2, 0) is 16.0 Å². The van der Waals surface area contributed by atoms with Gasteiger partial charge in [0.1, 0.15) is 12.1 Å². The van der Waals surface area contributed by atoms with Crippen molar-refractivity contribution in [1.29, 1.82) is 0 Å². The summed E-state index contributed by atoms with van der Waals surface area (Å²) in [5, 5.41) is 17.1. The number of halogens is 2. The van der Waals surface area contributed by atoms with Gasteiger partial charge in [-0.2, -0.15) is 0 Å². The Kier molecular flexibility index (Phi) is 5.50. The number of aliphatic hydroxyl groups excluding tert-OH is 1. The Hall–Kier alpha value is -2.54. The molecule has 4 rings (SSSR count). The van der Waals surface area contributed by atoms with Crippen molar-refractivity contribution in [2.75, 3.05) is 6.54 Å². The Balaban J connectivity index is 1.61. The monoisotopic (exact) mass is 431 g/mol. The van der Waals surface area contributed by atoms with E-state index in [-0.39, 0.29) is 24.8 Å². The lowest BCUT2D eigenvalue weighted by Crippen LogP contribution is -2.45. The van der Waals surface area contributed by atoms with Crippen LogP contribution in [0.3, 0.4) is 0 Å². The Morgan fingerprint density at radius 1 is 1.17 bits per heavy atom. The van der Waals surface area contributed by atoms with Gasteiger partial charge in [-0.1, -0.05) is 47.5 Å². The number of H-pyrrole nitrogens is 1. The summed E-state index contributed by atoms with van der Waals surface area (Å²) in [6.07, 6.45) is -0.312. The van der Waals surface area contributed by atoms with Crippen LogP contribution in [0.1, 0.15) is 12.0 Å². The summed E-state index contributed by atoms with van der Waals surface area (Å²) in [4.78, 5) is 27.5. The SMILES string of the molecule is O=C(CCc1c(-c2ccc(Cl)cc2)[nH]c2c(Cl)cccc12)N[C@@H]1C(=O)NC[C@H]1O. The molecular formula is C21H19Cl2N3O3. The van der Waals surface area contributed by atoms with Crippen LogP contribution in [0, 0.1) is 0 Å². The maximum atomic E-state index is 12.4. The predicted octanol–water partition coefficient (Wildman–Crippen LogP) is 3.05. The number of aryl methyl sites for hydroxylation is 1. The molecule has 2 amide bonds. The molecule has 3 aromatic rings. The van der Waals surface area contributed by atoms with Crippen molar-refractivity contribution in [3.05, 3.63) is 58.1 Å². The first kappa shape index (κ1) is 19.8. The van der Waals surface area contributed by atoms with Gasteiger partial charge in [-0.15, -0.1) is 0 Å². The van der Waals surface area contributed by atoms with E-state index >= 15 is 0 Å². The highest BCUT2D eigenvalue weighted by Gasteiger charge is 2.34. The number of aromatic nitrogens is 1. The molecule has 0 radical (unpaired) electrons. The van der Waals surface area contributed by atoms with Crippen LogP contribution in [0.4, 0.5) is 0 Å². The quantitative estimate of drug-likeness (QED) is 0.499. The molecule has 1 saturated heterocycles. The van der Waals surface area contributed by atoms with Crippen LogP contribution in [0.5, 0.6) is 0 Å². The van der Waals surface area contributed by atoms with Gasteiger partial charge in [0.25, 0.3) is 0 Å². The summed E-state index contributed by atoms with van der Waals surface area (Å²) >= 11 is 12.4. The maximum Gasteiger partial charge on any atom is 0.245 e. The molecule has 1 aromatic heterocycles. The number of hydrogen-bond donors (Lipinski definition) is 4. The smallest absolute Gasteiger partial charge is 0.245 e. The van der Waals surface area contributed by atoms with E-state index in [4.69, 9.17) is 23.2 Å². The number of carbonyl (C=O) groups is 2. The van der Waals surface area contributed by atoms with Crippen LogP contribution in [0.15, 0.2) is 42.5 Å². The third kappa shape index (κ3) is 3.96. The second-order valence-corrected chi connectivity index (χ2v) is 7.85. The Morgan fingerprint density at radius 3 is 2.62 bits per heavy atom. The molecule has 8 heteroatoms. The van der Waals surface area contributed by atoms with Crippen molar-refractivity contribution in [1.82, 2.24) is 15.6 Å². The fourth-order valence-corrected chi connectivity index (χ4v) is 3.96. The lowest BCUT2D eigenvalue weighted by atomic mass is 10.0. The van der Waals surface area contributed by atoms with Crippen LogP contribution >= 0.6 is 23.2 Å². The molecule has 4 N–H and O–H groups in total. The lowest BCUT2D eigenvalue weighted by Gasteiger charge is -2.13. The summed E-state index contributed by atoms with van der Waals surface area (Å²) in [7, 11) is 0. The van der Waals surface area contributed by atoms with Crippen molar-refractivity contribution in [3.8, 4) is 11.3 Å². The van der Waals surface area contributed by atoms with E-state index in [1.165, 1.54) is 0 Å². The highest BCUT2D eigenvalue weighted by molar-refractivity contribution is 6.35. The van der Waals surface area contributed by atoms with Gasteiger partial charge in [-0.25, -0.2) is 0 Å². The summed E-state index contributed by atoms with van der Waals surface area (Å²) in [5.41, 5.74) is 3.57. The maximum absolute atomic E-state index is 12.4. The Morgan fingerprint density at radius 2 is 1.93 bits per heavy atom. The molecule has 6 nitrogen and oxygen atoms in total. The number of aromatic amines is 1. The Bertz CT molecular complexity index is 1080. The first-order valence-electron chi connectivity index (χ1n) is 9.24. The van der Waals surface area contributed by atoms with Crippen molar-refractivity contribution < 1.29 is 14.7 Å². The van der Waals surface area contributed by atoms with E-state index in [2.05, 4.69) is 15.6 Å². The van der Waals surface area contributed by atoms with Crippen molar-refractivity contribution in [3.63, 3.8) is 0 Å². The molecule has 0 bridgehead atoms. The zero-order valence-corrected chi connectivity index (χ0v) is 16.8. The van der Waals surface area contributed by atoms with E-state index in [1.807, 2.05) is 30.3 Å². The van der Waals surface area contributed by atoms with Gasteiger partial charge in [0, 0.05) is 29.1 Å². The molecule has 0 aliphatic carbocycles. The normalized spacial score (nSPS) is 18.8. The molecule has 2 aromatic carbocycles. The zero-order chi connectivity index (χ0) is 20.5. The summed E-state index contributed by atoms with van der Waals surface area (Å²) in [6, 6.07) is 12.2. The van der Waals surface area contributed by atoms with Crippen molar-refractivity contribution >= 4 is 45.9 Å². The molecular weight excluding hydrogens is 413 g/mol. The summed E-state index contributed by atoms with van der Waals surface area (Å²) in [5.74, 6) is -0.670. The topological polar surface area (TPSA) is 94.2 Å². The molecule has 2 heterocycles. The van der Waals surface area contributed by atoms with Gasteiger partial charge < -0.3 is 20.7 Å². The van der Waals surface area contributed by atoms with E-state index in [1.54, 1.807) is 12.1 Å². The second kappa shape index (κ2) is 8.06.